The molecule has 2 atom stereocenters. The average Bonchev–Trinajstić information content (AvgIpc) is 1.98. The first kappa shape index (κ1) is 9.01. The van der Waals surface area contributed by atoms with Crippen LogP contribution in [0.4, 0.5) is 0 Å². The van der Waals surface area contributed by atoms with Crippen molar-refractivity contribution < 1.29 is 8.42 Å². The van der Waals surface area contributed by atoms with Crippen LogP contribution in [0.15, 0.2) is 0 Å². The zero-order valence-electron chi connectivity index (χ0n) is 7.44. The Morgan fingerprint density at radius 1 is 1.31 bits per heavy atom. The van der Waals surface area contributed by atoms with Crippen molar-refractivity contribution in [3.63, 3.8) is 0 Å². The van der Waals surface area contributed by atoms with E-state index in [4.69, 9.17) is 5.26 Å². The molecule has 0 bridgehead atoms. The third kappa shape index (κ3) is 1.35. The first-order valence-electron chi connectivity index (χ1n) is 4.76. The summed E-state index contributed by atoms with van der Waals surface area (Å²) in [5.74, 6) is 0.445. The van der Waals surface area contributed by atoms with Crippen molar-refractivity contribution >= 4 is 9.84 Å². The van der Waals surface area contributed by atoms with E-state index in [1.165, 1.54) is 0 Å². The van der Waals surface area contributed by atoms with Gasteiger partial charge in [0.05, 0.1) is 23.0 Å². The molecule has 1 saturated carbocycles. The van der Waals surface area contributed by atoms with Crippen LogP contribution in [0.1, 0.15) is 25.7 Å². The number of hydrogen-bond donors (Lipinski definition) is 0. The number of nitriles is 1. The highest BCUT2D eigenvalue weighted by molar-refractivity contribution is 7.93. The predicted molar refractivity (Wildman–Crippen MR) is 48.6 cm³/mol. The maximum Gasteiger partial charge on any atom is 0.154 e. The fraction of sp³-hybridized carbons (Fsp3) is 0.889. The van der Waals surface area contributed by atoms with Crippen LogP contribution in [0.3, 0.4) is 0 Å². The third-order valence-corrected chi connectivity index (χ3v) is 5.61. The molecule has 0 aromatic carbocycles. The molecule has 1 aliphatic heterocycles. The molecule has 2 rings (SSSR count). The lowest BCUT2D eigenvalue weighted by Crippen LogP contribution is -2.45. The summed E-state index contributed by atoms with van der Waals surface area (Å²) in [7, 11) is -2.88. The summed E-state index contributed by atoms with van der Waals surface area (Å²) >= 11 is 0. The molecule has 0 aromatic rings. The van der Waals surface area contributed by atoms with Gasteiger partial charge in [0.1, 0.15) is 0 Å². The van der Waals surface area contributed by atoms with Crippen molar-refractivity contribution in [2.24, 2.45) is 11.8 Å². The van der Waals surface area contributed by atoms with Crippen LogP contribution in [-0.4, -0.2) is 19.4 Å². The van der Waals surface area contributed by atoms with E-state index in [-0.39, 0.29) is 11.2 Å². The Balaban J connectivity index is 2.10. The standard InChI is InChI=1S/C9H13NO2S/c10-6-8(7-2-1-3-7)9-4-5-13(9,11)12/h7-9H,1-5H2. The fourth-order valence-electron chi connectivity index (χ4n) is 2.14. The van der Waals surface area contributed by atoms with Crippen LogP contribution in [0, 0.1) is 23.2 Å². The van der Waals surface area contributed by atoms with Crippen LogP contribution in [-0.2, 0) is 9.84 Å². The molecule has 0 spiro atoms. The van der Waals surface area contributed by atoms with E-state index < -0.39 is 9.84 Å². The SMILES string of the molecule is N#CC(C1CCC1)C1CCS1(=O)=O. The van der Waals surface area contributed by atoms with Gasteiger partial charge in [-0.1, -0.05) is 6.42 Å². The van der Waals surface area contributed by atoms with Gasteiger partial charge in [-0.05, 0) is 25.2 Å². The van der Waals surface area contributed by atoms with Crippen molar-refractivity contribution in [1.29, 1.82) is 5.26 Å². The van der Waals surface area contributed by atoms with Crippen molar-refractivity contribution in [2.45, 2.75) is 30.9 Å². The summed E-state index contributed by atoms with van der Waals surface area (Å²) in [4.78, 5) is 0. The number of nitrogens with zero attached hydrogens (tertiary/aromatic N) is 1. The molecule has 0 amide bonds. The van der Waals surface area contributed by atoms with Crippen LogP contribution < -0.4 is 0 Å². The first-order valence-corrected chi connectivity index (χ1v) is 6.48. The molecule has 0 radical (unpaired) electrons. The monoisotopic (exact) mass is 199 g/mol. The molecule has 1 aliphatic carbocycles. The smallest absolute Gasteiger partial charge is 0.154 e. The van der Waals surface area contributed by atoms with E-state index in [1.807, 2.05) is 0 Å². The Kier molecular flexibility index (Phi) is 2.07. The van der Waals surface area contributed by atoms with Gasteiger partial charge in [-0.25, -0.2) is 8.42 Å². The topological polar surface area (TPSA) is 57.9 Å². The van der Waals surface area contributed by atoms with E-state index in [0.29, 0.717) is 18.1 Å². The number of hydrogen-bond acceptors (Lipinski definition) is 3. The Morgan fingerprint density at radius 3 is 2.23 bits per heavy atom. The molecular formula is C9H13NO2S. The highest BCUT2D eigenvalue weighted by atomic mass is 32.2. The zero-order valence-corrected chi connectivity index (χ0v) is 8.26. The molecule has 1 heterocycles. The maximum atomic E-state index is 11.3. The Labute approximate surface area is 78.7 Å². The van der Waals surface area contributed by atoms with Crippen LogP contribution >= 0.6 is 0 Å². The fourth-order valence-corrected chi connectivity index (χ4v) is 3.76. The zero-order chi connectivity index (χ0) is 9.47. The molecule has 0 N–H and O–H groups in total. The van der Waals surface area contributed by atoms with Crippen LogP contribution in [0.2, 0.25) is 0 Å². The van der Waals surface area contributed by atoms with Gasteiger partial charge < -0.3 is 0 Å². The average molecular weight is 199 g/mol. The summed E-state index contributed by atoms with van der Waals surface area (Å²) in [6, 6.07) is 2.18. The minimum Gasteiger partial charge on any atom is -0.229 e. The van der Waals surface area contributed by atoms with Crippen molar-refractivity contribution in [1.82, 2.24) is 0 Å². The number of rotatable bonds is 2. The molecule has 2 unspecified atom stereocenters. The predicted octanol–water partition coefficient (Wildman–Crippen LogP) is 1.11. The van der Waals surface area contributed by atoms with Gasteiger partial charge in [0.2, 0.25) is 0 Å². The van der Waals surface area contributed by atoms with E-state index in [2.05, 4.69) is 6.07 Å². The van der Waals surface area contributed by atoms with Gasteiger partial charge >= 0.3 is 0 Å². The number of sulfone groups is 1. The first-order chi connectivity index (χ1) is 6.15. The van der Waals surface area contributed by atoms with Crippen molar-refractivity contribution in [3.05, 3.63) is 0 Å². The summed E-state index contributed by atoms with van der Waals surface area (Å²) in [6.45, 7) is 0. The molecule has 1 saturated heterocycles. The molecule has 72 valence electrons. The summed E-state index contributed by atoms with van der Waals surface area (Å²) < 4.78 is 22.6. The van der Waals surface area contributed by atoms with Crippen molar-refractivity contribution in [3.8, 4) is 6.07 Å². The molecule has 0 aromatic heterocycles. The molecule has 13 heavy (non-hydrogen) atoms. The summed E-state index contributed by atoms with van der Waals surface area (Å²) in [5.41, 5.74) is 0. The van der Waals surface area contributed by atoms with Gasteiger partial charge in [-0.15, -0.1) is 0 Å². The van der Waals surface area contributed by atoms with E-state index >= 15 is 0 Å². The van der Waals surface area contributed by atoms with E-state index in [1.54, 1.807) is 0 Å². The van der Waals surface area contributed by atoms with Crippen LogP contribution in [0.5, 0.6) is 0 Å². The highest BCUT2D eigenvalue weighted by Crippen LogP contribution is 2.40. The second kappa shape index (κ2) is 2.98. The third-order valence-electron chi connectivity index (χ3n) is 3.36. The normalized spacial score (nSPS) is 33.9. The minimum atomic E-state index is -2.88. The largest absolute Gasteiger partial charge is 0.229 e. The molecule has 3 nitrogen and oxygen atoms in total. The Hall–Kier alpha value is -0.560. The van der Waals surface area contributed by atoms with Gasteiger partial charge in [-0.2, -0.15) is 5.26 Å². The van der Waals surface area contributed by atoms with Gasteiger partial charge in [0.25, 0.3) is 0 Å². The lowest BCUT2D eigenvalue weighted by molar-refractivity contribution is 0.233. The molecule has 4 heteroatoms. The van der Waals surface area contributed by atoms with Gasteiger partial charge in [0.15, 0.2) is 9.84 Å². The van der Waals surface area contributed by atoms with Crippen LogP contribution in [0.25, 0.3) is 0 Å². The Bertz CT molecular complexity index is 337. The maximum absolute atomic E-state index is 11.3. The summed E-state index contributed by atoms with van der Waals surface area (Å²) in [5, 5.41) is 8.58. The highest BCUT2D eigenvalue weighted by Gasteiger charge is 2.45. The summed E-state index contributed by atoms with van der Waals surface area (Å²) in [6.07, 6.45) is 3.96. The molecular weight excluding hydrogens is 186 g/mol. The quantitative estimate of drug-likeness (QED) is 0.669. The van der Waals surface area contributed by atoms with E-state index in [0.717, 1.165) is 19.3 Å². The van der Waals surface area contributed by atoms with Gasteiger partial charge in [-0.3, -0.25) is 0 Å². The molecule has 2 aliphatic rings. The van der Waals surface area contributed by atoms with Crippen molar-refractivity contribution in [2.75, 3.05) is 5.75 Å². The second-order valence-corrected chi connectivity index (χ2v) is 6.38. The van der Waals surface area contributed by atoms with E-state index in [9.17, 15) is 8.42 Å². The molecule has 2 fully saturated rings. The second-order valence-electron chi connectivity index (χ2n) is 4.04. The van der Waals surface area contributed by atoms with Gasteiger partial charge in [0, 0.05) is 0 Å². The minimum absolute atomic E-state index is 0.215. The Morgan fingerprint density at radius 2 is 2.00 bits per heavy atom. The lowest BCUT2D eigenvalue weighted by Gasteiger charge is -2.38. The lowest BCUT2D eigenvalue weighted by atomic mass is 9.74.